The number of anilines is 1. The average molecular weight is 706 g/mol. The van der Waals surface area contributed by atoms with Gasteiger partial charge in [0, 0.05) is 30.7 Å². The zero-order valence-electron chi connectivity index (χ0n) is 28.1. The average Bonchev–Trinajstić information content (AvgIpc) is 3.05. The van der Waals surface area contributed by atoms with Crippen molar-refractivity contribution in [2.75, 3.05) is 32.5 Å². The summed E-state index contributed by atoms with van der Waals surface area (Å²) in [5.41, 5.74) is 7.66. The molecule has 0 aliphatic rings. The number of nitrogens with two attached hydrogens (primary N) is 1. The molecule has 6 N–H and O–H groups in total. The summed E-state index contributed by atoms with van der Waals surface area (Å²) in [6.07, 6.45) is -0.272. The number of hydrogen-bond acceptors (Lipinski definition) is 8. The first-order chi connectivity index (χ1) is 23.1. The first-order valence-electron chi connectivity index (χ1n) is 16.0. The summed E-state index contributed by atoms with van der Waals surface area (Å²) in [6.45, 7) is 1.67. The summed E-state index contributed by atoms with van der Waals surface area (Å²) in [5.74, 6) is -1.27. The van der Waals surface area contributed by atoms with Crippen molar-refractivity contribution in [1.29, 1.82) is 0 Å². The van der Waals surface area contributed by atoms with Gasteiger partial charge in [0.25, 0.3) is 0 Å². The van der Waals surface area contributed by atoms with Crippen LogP contribution in [0.15, 0.2) is 89.8 Å². The van der Waals surface area contributed by atoms with Gasteiger partial charge in [-0.25, -0.2) is 17.8 Å². The second-order valence-electron chi connectivity index (χ2n) is 11.5. The fraction of sp³-hybridized carbons (Fsp3) is 0.394. The van der Waals surface area contributed by atoms with Gasteiger partial charge in [-0.05, 0) is 54.2 Å². The van der Waals surface area contributed by atoms with E-state index in [-0.39, 0.29) is 36.7 Å². The Bertz CT molecular complexity index is 1610. The minimum Gasteiger partial charge on any atom is -0.453 e. The van der Waals surface area contributed by atoms with Crippen molar-refractivity contribution in [3.63, 3.8) is 0 Å². The van der Waals surface area contributed by atoms with Crippen molar-refractivity contribution < 1.29 is 43.0 Å². The molecule has 3 aromatic carbocycles. The molecule has 0 heterocycles. The number of nitrogens with zero attached hydrogens (tertiary/aromatic N) is 1. The van der Waals surface area contributed by atoms with Crippen LogP contribution in [0.1, 0.15) is 51.5 Å². The third kappa shape index (κ3) is 11.7. The number of benzene rings is 3. The lowest BCUT2D eigenvalue weighted by atomic mass is 9.84. The van der Waals surface area contributed by atoms with Crippen LogP contribution < -0.4 is 16.4 Å². The molecule has 0 saturated carbocycles. The van der Waals surface area contributed by atoms with Crippen molar-refractivity contribution in [2.45, 2.75) is 56.0 Å². The largest absolute Gasteiger partial charge is 0.469 e. The lowest BCUT2D eigenvalue weighted by molar-refractivity contribution is -0.123. The predicted molar refractivity (Wildman–Crippen MR) is 182 cm³/mol. The van der Waals surface area contributed by atoms with Crippen molar-refractivity contribution in [1.82, 2.24) is 14.9 Å². The van der Waals surface area contributed by atoms with E-state index in [1.165, 1.54) is 31.4 Å². The number of nitrogen functional groups attached to an aromatic ring is 1. The molecular formula is C33H45N4O9PS. The minimum absolute atomic E-state index is 0.0224. The maximum Gasteiger partial charge on any atom is 0.469 e. The molecule has 3 rings (SSSR count). The molecule has 0 radical (unpaired) electrons. The Labute approximate surface area is 283 Å². The number of carbonyl (C=O) groups is 2. The van der Waals surface area contributed by atoms with Crippen LogP contribution in [0.4, 0.5) is 10.5 Å². The maximum absolute atomic E-state index is 13.8. The van der Waals surface area contributed by atoms with E-state index in [0.717, 1.165) is 15.4 Å². The predicted octanol–water partition coefficient (Wildman–Crippen LogP) is 4.24. The van der Waals surface area contributed by atoms with Crippen LogP contribution in [-0.4, -0.2) is 73.4 Å². The zero-order chi connectivity index (χ0) is 36.2. The van der Waals surface area contributed by atoms with Crippen LogP contribution in [0.5, 0.6) is 0 Å². The topological polar surface area (TPSA) is 198 Å². The second-order valence-corrected chi connectivity index (χ2v) is 14.6. The Morgan fingerprint density at radius 1 is 0.958 bits per heavy atom. The summed E-state index contributed by atoms with van der Waals surface area (Å²) < 4.78 is 58.3. The van der Waals surface area contributed by atoms with E-state index >= 15 is 0 Å². The molecule has 13 nitrogen and oxygen atoms in total. The lowest BCUT2D eigenvalue weighted by Crippen LogP contribution is -2.50. The molecule has 0 spiro atoms. The SMILES string of the molecule is [2H]C(OP(=O)(O)O)[C@H](CCCCNC(=O)[C@@H](NC(=O)OC)C(c1ccccc1)c1ccccc1)N(CC(C)C)S(=O)(=O)c1ccc(N)cc1. The molecule has 262 valence electrons. The third-order valence-corrected chi connectivity index (χ3v) is 9.68. The summed E-state index contributed by atoms with van der Waals surface area (Å²) >= 11 is 0. The van der Waals surface area contributed by atoms with Gasteiger partial charge in [0.1, 0.15) is 6.04 Å². The van der Waals surface area contributed by atoms with Crippen LogP contribution in [0.2, 0.25) is 0 Å². The number of methoxy groups -OCH3 is 1. The number of ether oxygens (including phenoxy) is 1. The third-order valence-electron chi connectivity index (χ3n) is 7.37. The van der Waals surface area contributed by atoms with Crippen molar-refractivity contribution in [3.05, 3.63) is 96.1 Å². The lowest BCUT2D eigenvalue weighted by Gasteiger charge is -2.32. The van der Waals surface area contributed by atoms with E-state index in [2.05, 4.69) is 15.2 Å². The quantitative estimate of drug-likeness (QED) is 0.0725. The Morgan fingerprint density at radius 3 is 2.02 bits per heavy atom. The minimum atomic E-state index is -5.15. The van der Waals surface area contributed by atoms with Gasteiger partial charge in [-0.1, -0.05) is 80.9 Å². The van der Waals surface area contributed by atoms with E-state index in [1.54, 1.807) is 13.8 Å². The molecule has 0 aliphatic heterocycles. The maximum atomic E-state index is 13.8. The number of sulfonamides is 1. The number of unbranched alkanes of at least 4 members (excludes halogenated alkanes) is 1. The molecule has 0 aliphatic carbocycles. The smallest absolute Gasteiger partial charge is 0.453 e. The van der Waals surface area contributed by atoms with Gasteiger partial charge in [0.15, 0.2) is 0 Å². The Hall–Kier alpha value is -3.78. The standard InChI is InChI=1S/C33H45N4O9PS/c1-24(2)22-37(48(43,44)29-19-17-27(34)18-20-29)28(23-46-47(40,41)42)16-10-11-21-35-32(38)31(36-33(39)45-3)30(25-12-6-4-7-13-25)26-14-8-5-9-15-26/h4-9,12-15,17-20,24,28,30-31H,10-11,16,21-23,34H2,1-3H3,(H,35,38)(H,36,39)(H2,40,41,42)/t28-,31-/m0/s1/i23D/t23?,28-,31-. The fourth-order valence-corrected chi connectivity index (χ4v) is 7.22. The van der Waals surface area contributed by atoms with Crippen LogP contribution >= 0.6 is 7.82 Å². The van der Waals surface area contributed by atoms with Gasteiger partial charge in [-0.2, -0.15) is 4.31 Å². The van der Waals surface area contributed by atoms with E-state index in [0.29, 0.717) is 12.1 Å². The number of carbonyl (C=O) groups excluding carboxylic acids is 2. The highest BCUT2D eigenvalue weighted by molar-refractivity contribution is 7.89. The van der Waals surface area contributed by atoms with E-state index in [4.69, 9.17) is 11.8 Å². The molecule has 2 amide bonds. The van der Waals surface area contributed by atoms with Crippen molar-refractivity contribution in [3.8, 4) is 0 Å². The summed E-state index contributed by atoms with van der Waals surface area (Å²) in [5, 5.41) is 5.50. The summed E-state index contributed by atoms with van der Waals surface area (Å²) in [4.78, 5) is 44.9. The Kier molecular flexibility index (Phi) is 14.0. The molecule has 15 heteroatoms. The van der Waals surface area contributed by atoms with Gasteiger partial charge in [-0.3, -0.25) is 9.32 Å². The van der Waals surface area contributed by atoms with Crippen LogP contribution in [0.3, 0.4) is 0 Å². The second kappa shape index (κ2) is 18.1. The molecule has 0 bridgehead atoms. The van der Waals surface area contributed by atoms with Crippen LogP contribution in [0.25, 0.3) is 0 Å². The van der Waals surface area contributed by atoms with Crippen LogP contribution in [0, 0.1) is 5.92 Å². The molecule has 1 unspecified atom stereocenters. The fourth-order valence-electron chi connectivity index (χ4n) is 5.16. The number of phosphoric acid groups is 1. The number of nitrogens with one attached hydrogen (secondary N) is 2. The molecule has 3 aromatic rings. The molecule has 0 aromatic heterocycles. The summed E-state index contributed by atoms with van der Waals surface area (Å²) in [6, 6.07) is 21.6. The number of amides is 2. The molecule has 48 heavy (non-hydrogen) atoms. The number of phosphoric ester groups is 1. The highest BCUT2D eigenvalue weighted by atomic mass is 32.2. The molecular weight excluding hydrogens is 659 g/mol. The highest BCUT2D eigenvalue weighted by Crippen LogP contribution is 2.37. The van der Waals surface area contributed by atoms with E-state index in [9.17, 15) is 32.4 Å². The van der Waals surface area contributed by atoms with Gasteiger partial charge >= 0.3 is 13.9 Å². The van der Waals surface area contributed by atoms with Gasteiger partial charge in [-0.15, -0.1) is 0 Å². The first kappa shape index (κ1) is 37.0. The first-order valence-corrected chi connectivity index (χ1v) is 18.4. The Morgan fingerprint density at radius 2 is 1.52 bits per heavy atom. The Balaban J connectivity index is 1.81. The van der Waals surface area contributed by atoms with Crippen LogP contribution in [-0.2, 0) is 28.6 Å². The van der Waals surface area contributed by atoms with Crippen molar-refractivity contribution >= 4 is 35.5 Å². The van der Waals surface area contributed by atoms with Gasteiger partial charge < -0.3 is 30.9 Å². The molecule has 0 fully saturated rings. The summed E-state index contributed by atoms with van der Waals surface area (Å²) in [7, 11) is -8.20. The monoisotopic (exact) mass is 705 g/mol. The van der Waals surface area contributed by atoms with Gasteiger partial charge in [0.05, 0.1) is 20.0 Å². The van der Waals surface area contributed by atoms with Crippen molar-refractivity contribution in [2.24, 2.45) is 5.92 Å². The zero-order valence-corrected chi connectivity index (χ0v) is 28.8. The molecule has 3 atom stereocenters. The number of hydrogen-bond donors (Lipinski definition) is 5. The van der Waals surface area contributed by atoms with Gasteiger partial charge in [0.2, 0.25) is 15.9 Å². The molecule has 0 saturated heterocycles. The normalized spacial score (nSPS) is 14.3. The van der Waals surface area contributed by atoms with E-state index < -0.39 is 54.4 Å². The number of rotatable bonds is 18. The number of alkyl carbamates (subject to hydrolysis) is 1. The highest BCUT2D eigenvalue weighted by Gasteiger charge is 2.35. The van der Waals surface area contributed by atoms with E-state index in [1.807, 2.05) is 60.7 Å².